The third-order valence-electron chi connectivity index (χ3n) is 0. The van der Waals surface area contributed by atoms with Crippen LogP contribution in [-0.2, 0) is 0 Å². The van der Waals surface area contributed by atoms with Crippen LogP contribution in [0.5, 0.6) is 0 Å². The monoisotopic (exact) mass is 215 g/mol. The Morgan fingerprint density at radius 3 is 0.917 bits per heavy atom. The number of carbonyl (C=O) groups excluding carboxylic acids is 2. The van der Waals surface area contributed by atoms with Gasteiger partial charge in [0.15, 0.2) is 0 Å². The Morgan fingerprint density at radius 1 is 0.917 bits per heavy atom. The lowest BCUT2D eigenvalue weighted by atomic mass is 11.3. The van der Waals surface area contributed by atoms with Crippen molar-refractivity contribution in [2.45, 2.75) is 0 Å². The van der Waals surface area contributed by atoms with Gasteiger partial charge in [-0.1, -0.05) is 25.3 Å². The molecular weight excluding hydrogens is 206 g/mol. The second-order valence-corrected chi connectivity index (χ2v) is 1.90. The molecule has 0 aromatic heterocycles. The van der Waals surface area contributed by atoms with Crippen LogP contribution in [0.25, 0.3) is 0 Å². The second-order valence-electron chi connectivity index (χ2n) is 1.01. The molecular formula is C3H9N3O4S2. The number of primary amides is 3. The van der Waals surface area contributed by atoms with Crippen LogP contribution in [0.4, 0.5) is 14.4 Å². The first-order chi connectivity index (χ1) is 5.20. The Kier molecular flexibility index (Phi) is 17.9. The van der Waals surface area contributed by atoms with Crippen LogP contribution < -0.4 is 17.2 Å². The van der Waals surface area contributed by atoms with Crippen LogP contribution >= 0.6 is 25.3 Å². The van der Waals surface area contributed by atoms with E-state index in [9.17, 15) is 0 Å². The molecule has 0 fully saturated rings. The van der Waals surface area contributed by atoms with Crippen LogP contribution in [0.1, 0.15) is 0 Å². The molecule has 12 heavy (non-hydrogen) atoms. The molecule has 0 unspecified atom stereocenters. The zero-order valence-electron chi connectivity index (χ0n) is 5.80. The zero-order valence-corrected chi connectivity index (χ0v) is 7.59. The van der Waals surface area contributed by atoms with Crippen LogP contribution in [0.15, 0.2) is 0 Å². The van der Waals surface area contributed by atoms with Crippen LogP contribution in [0.3, 0.4) is 0 Å². The van der Waals surface area contributed by atoms with Gasteiger partial charge in [-0.15, -0.1) is 0 Å². The van der Waals surface area contributed by atoms with E-state index in [0.717, 1.165) is 0 Å². The standard InChI is InChI=1S/CH3NO2.2CH3NOS/c3*2-1(3)4/h2H2,(H,3,4);2*(H3,2,3,4). The number of carbonyl (C=O) groups is 3. The summed E-state index contributed by atoms with van der Waals surface area (Å²) < 4.78 is 0. The third kappa shape index (κ3) is 469. The number of hydrogen-bond acceptors (Lipinski definition) is 3. The molecule has 9 heteroatoms. The smallest absolute Gasteiger partial charge is 0.402 e. The topological polar surface area (TPSA) is 150 Å². The van der Waals surface area contributed by atoms with E-state index in [1.165, 1.54) is 0 Å². The normalized spacial score (nSPS) is 6.17. The van der Waals surface area contributed by atoms with Crippen molar-refractivity contribution in [2.75, 3.05) is 0 Å². The first-order valence-corrected chi connectivity index (χ1v) is 3.04. The van der Waals surface area contributed by atoms with Crippen molar-refractivity contribution in [3.8, 4) is 0 Å². The summed E-state index contributed by atoms with van der Waals surface area (Å²) in [6, 6.07) is 0. The van der Waals surface area contributed by atoms with Gasteiger partial charge in [0, 0.05) is 0 Å². The van der Waals surface area contributed by atoms with Gasteiger partial charge in [-0.25, -0.2) is 4.79 Å². The Hall–Kier alpha value is -1.09. The molecule has 0 spiro atoms. The molecule has 72 valence electrons. The van der Waals surface area contributed by atoms with Gasteiger partial charge in [0.25, 0.3) is 10.5 Å². The van der Waals surface area contributed by atoms with E-state index in [0.29, 0.717) is 0 Å². The summed E-state index contributed by atoms with van der Waals surface area (Å²) in [5.41, 5.74) is 12.7. The zero-order chi connectivity index (χ0) is 10.7. The molecule has 0 aliphatic heterocycles. The summed E-state index contributed by atoms with van der Waals surface area (Å²) in [6.07, 6.45) is -1.33. The van der Waals surface area contributed by atoms with E-state index in [2.05, 4.69) is 42.5 Å². The molecule has 0 atom stereocenters. The van der Waals surface area contributed by atoms with Crippen molar-refractivity contribution in [2.24, 2.45) is 17.2 Å². The fourth-order valence-electron chi connectivity index (χ4n) is 0. The third-order valence-corrected chi connectivity index (χ3v) is 0. The minimum Gasteiger partial charge on any atom is -0.465 e. The van der Waals surface area contributed by atoms with Gasteiger partial charge in [0.2, 0.25) is 0 Å². The molecule has 0 aliphatic carbocycles. The Bertz CT molecular complexity index is 121. The molecule has 0 radical (unpaired) electrons. The van der Waals surface area contributed by atoms with Crippen molar-refractivity contribution in [1.82, 2.24) is 0 Å². The summed E-state index contributed by atoms with van der Waals surface area (Å²) in [7, 11) is 0. The number of hydrogen-bond donors (Lipinski definition) is 6. The average molecular weight is 215 g/mol. The second kappa shape index (κ2) is 12.6. The molecule has 0 rings (SSSR count). The fraction of sp³-hybridized carbons (Fsp3) is 0. The van der Waals surface area contributed by atoms with Gasteiger partial charge in [0.05, 0.1) is 0 Å². The highest BCUT2D eigenvalue weighted by atomic mass is 32.1. The van der Waals surface area contributed by atoms with Crippen molar-refractivity contribution in [1.29, 1.82) is 0 Å². The molecule has 7 N–H and O–H groups in total. The summed E-state index contributed by atoms with van der Waals surface area (Å²) in [5.74, 6) is 0. The molecule has 0 heterocycles. The molecule has 0 aromatic rings. The Labute approximate surface area is 79.1 Å². The van der Waals surface area contributed by atoms with E-state index in [1.807, 2.05) is 0 Å². The largest absolute Gasteiger partial charge is 0.465 e. The highest BCUT2D eigenvalue weighted by Gasteiger charge is 1.65. The van der Waals surface area contributed by atoms with Crippen molar-refractivity contribution in [3.63, 3.8) is 0 Å². The average Bonchev–Trinajstić information content (AvgIpc) is 1.54. The number of thiol groups is 2. The number of carboxylic acid groups (broad SMARTS) is 1. The first kappa shape index (κ1) is 17.1. The summed E-state index contributed by atoms with van der Waals surface area (Å²) in [5, 5.41) is 5.92. The quantitative estimate of drug-likeness (QED) is 0.305. The molecule has 7 nitrogen and oxygen atoms in total. The van der Waals surface area contributed by atoms with E-state index >= 15 is 0 Å². The van der Waals surface area contributed by atoms with Gasteiger partial charge in [-0.05, 0) is 0 Å². The van der Waals surface area contributed by atoms with E-state index < -0.39 is 16.6 Å². The van der Waals surface area contributed by atoms with Crippen LogP contribution in [0, 0.1) is 0 Å². The molecule has 0 aliphatic rings. The molecule has 0 aromatic carbocycles. The summed E-state index contributed by atoms with van der Waals surface area (Å²) in [4.78, 5) is 27.0. The highest BCUT2D eigenvalue weighted by Crippen LogP contribution is 1.61. The van der Waals surface area contributed by atoms with Gasteiger partial charge >= 0.3 is 6.09 Å². The van der Waals surface area contributed by atoms with Gasteiger partial charge < -0.3 is 22.3 Å². The number of nitrogens with two attached hydrogens (primary N) is 3. The van der Waals surface area contributed by atoms with Crippen molar-refractivity contribution >= 4 is 41.8 Å². The molecule has 0 bridgehead atoms. The van der Waals surface area contributed by atoms with Gasteiger partial charge in [-0.2, -0.15) is 0 Å². The lowest BCUT2D eigenvalue weighted by Crippen LogP contribution is -2.03. The Morgan fingerprint density at radius 2 is 0.917 bits per heavy atom. The predicted octanol–water partition coefficient (Wildman–Crippen LogP) is -0.387. The van der Waals surface area contributed by atoms with E-state index in [4.69, 9.17) is 19.5 Å². The van der Waals surface area contributed by atoms with Crippen LogP contribution in [-0.4, -0.2) is 21.7 Å². The fourth-order valence-corrected chi connectivity index (χ4v) is 0. The van der Waals surface area contributed by atoms with E-state index in [1.54, 1.807) is 0 Å². The number of rotatable bonds is 0. The van der Waals surface area contributed by atoms with Crippen LogP contribution in [0.2, 0.25) is 0 Å². The minimum absolute atomic E-state index is 0.639. The maximum absolute atomic E-state index is 9.09. The minimum atomic E-state index is -1.33. The lowest BCUT2D eigenvalue weighted by molar-refractivity contribution is 0.205. The first-order valence-electron chi connectivity index (χ1n) is 2.15. The maximum Gasteiger partial charge on any atom is 0.402 e. The predicted molar refractivity (Wildman–Crippen MR) is 49.4 cm³/mol. The number of amides is 3. The van der Waals surface area contributed by atoms with Gasteiger partial charge in [-0.3, -0.25) is 9.59 Å². The SMILES string of the molecule is NC(=O)O.NC(=O)S.NC(=O)S. The van der Waals surface area contributed by atoms with E-state index in [-0.39, 0.29) is 0 Å². The molecule has 0 saturated carbocycles. The molecule has 3 amide bonds. The molecule has 0 saturated heterocycles. The highest BCUT2D eigenvalue weighted by molar-refractivity contribution is 7.96. The maximum atomic E-state index is 9.09. The van der Waals surface area contributed by atoms with Crippen molar-refractivity contribution < 1.29 is 19.5 Å². The summed E-state index contributed by atoms with van der Waals surface area (Å²) >= 11 is 6.21. The van der Waals surface area contributed by atoms with Crippen molar-refractivity contribution in [3.05, 3.63) is 0 Å². The lowest BCUT2D eigenvalue weighted by Gasteiger charge is -1.61. The summed E-state index contributed by atoms with van der Waals surface area (Å²) in [6.45, 7) is 0. The van der Waals surface area contributed by atoms with Gasteiger partial charge in [0.1, 0.15) is 0 Å². The Balaban J connectivity index is -0.000000101.